The molecule has 3 heterocycles. The minimum Gasteiger partial charge on any atom is -0.389 e. The van der Waals surface area contributed by atoms with E-state index in [9.17, 15) is 53.3 Å². The van der Waals surface area contributed by atoms with E-state index in [-0.39, 0.29) is 94.8 Å². The number of benzene rings is 1. The number of fused-ring (bicyclic) bond motifs is 1. The zero-order chi connectivity index (χ0) is 44.2. The van der Waals surface area contributed by atoms with Gasteiger partial charge >= 0.3 is 20.3 Å². The summed E-state index contributed by atoms with van der Waals surface area (Å²) >= 11 is 0. The molecule has 1 atom stereocenters. The van der Waals surface area contributed by atoms with E-state index in [1.807, 2.05) is 9.47 Å². The van der Waals surface area contributed by atoms with Crippen molar-refractivity contribution in [3.63, 3.8) is 0 Å². The number of aliphatic hydroxyl groups excluding tert-OH is 1. The second-order valence-corrected chi connectivity index (χ2v) is 18.9. The summed E-state index contributed by atoms with van der Waals surface area (Å²) < 4.78 is 64.5. The van der Waals surface area contributed by atoms with Crippen molar-refractivity contribution in [1.82, 2.24) is 19.8 Å². The molecule has 0 spiro atoms. The molecule has 0 bridgehead atoms. The minimum absolute atomic E-state index is 0.0301. The maximum Gasteiger partial charge on any atom is 0.373 e. The maximum absolute atomic E-state index is 15.2. The molecule has 1 aliphatic heterocycles. The van der Waals surface area contributed by atoms with Gasteiger partial charge in [0.05, 0.1) is 70.2 Å². The standard InChI is InChI=1S/C37H55FN6O15P2/c38-32-21-30-33(22-34(32)43-9-6-39-7-10-43)44(27-1-2-27)24-31(35(30)47)36(48)40-8-14-57-16-18-59-20-19-58-17-15-56-13-5-28(45)3-4-29(46)23-41-11-12-42(26-41)25-37(49,60(50,51)52)61(53,54)55/h11-12,21-22,24,26-27,29,39,46,49H,1-10,13-20,23,25H2,(H4-,40,48,50,51,52,53,54,55)/p+1. The Morgan fingerprint density at radius 2 is 1.54 bits per heavy atom. The Morgan fingerprint density at radius 1 is 0.934 bits per heavy atom. The van der Waals surface area contributed by atoms with Gasteiger partial charge in [-0.1, -0.05) is 0 Å². The lowest BCUT2D eigenvalue weighted by atomic mass is 10.1. The zero-order valence-corrected chi connectivity index (χ0v) is 35.5. The molecule has 24 heteroatoms. The highest BCUT2D eigenvalue weighted by atomic mass is 31.2. The molecule has 1 unspecified atom stereocenters. The molecule has 8 N–H and O–H groups in total. The number of amides is 1. The number of hydrogen-bond acceptors (Lipinski definition) is 13. The van der Waals surface area contributed by atoms with Crippen molar-refractivity contribution in [3.8, 4) is 0 Å². The predicted octanol–water partition coefficient (Wildman–Crippen LogP) is -0.428. The number of halogens is 1. The minimum atomic E-state index is -5.63. The smallest absolute Gasteiger partial charge is 0.373 e. The number of rotatable bonds is 27. The van der Waals surface area contributed by atoms with Gasteiger partial charge in [0.15, 0.2) is 0 Å². The molecular weight excluding hydrogens is 849 g/mol. The molecule has 1 saturated heterocycles. The Hall–Kier alpha value is -3.47. The number of piperazine rings is 1. The quantitative estimate of drug-likeness (QED) is 0.0274. The highest BCUT2D eigenvalue weighted by Gasteiger charge is 2.61. The molecule has 3 aromatic rings. The first kappa shape index (κ1) is 48.6. The third-order valence-electron chi connectivity index (χ3n) is 10.2. The molecule has 0 radical (unpaired) electrons. The van der Waals surface area contributed by atoms with Crippen molar-refractivity contribution in [3.05, 3.63) is 58.7 Å². The molecule has 5 rings (SSSR count). The molecule has 1 saturated carbocycles. The molecule has 21 nitrogen and oxygen atoms in total. The Labute approximate surface area is 350 Å². The van der Waals surface area contributed by atoms with Crippen LogP contribution in [-0.2, 0) is 46.0 Å². The van der Waals surface area contributed by atoms with Gasteiger partial charge < -0.3 is 68.8 Å². The largest absolute Gasteiger partial charge is 0.389 e. The Kier molecular flexibility index (Phi) is 17.7. The summed E-state index contributed by atoms with van der Waals surface area (Å²) in [5.41, 5.74) is 0.532. The van der Waals surface area contributed by atoms with E-state index in [0.29, 0.717) is 37.5 Å². The summed E-state index contributed by atoms with van der Waals surface area (Å²) in [5, 5.41) is 22.9. The van der Waals surface area contributed by atoms with Crippen LogP contribution in [0.25, 0.3) is 10.9 Å². The highest BCUT2D eigenvalue weighted by Crippen LogP contribution is 2.67. The normalized spacial score (nSPS) is 15.7. The molecule has 61 heavy (non-hydrogen) atoms. The second kappa shape index (κ2) is 22.2. The van der Waals surface area contributed by atoms with E-state index in [1.54, 1.807) is 12.3 Å². The number of ether oxygens (including phenoxy) is 4. The second-order valence-electron chi connectivity index (χ2n) is 14.9. The van der Waals surface area contributed by atoms with Crippen molar-refractivity contribution in [2.24, 2.45) is 0 Å². The van der Waals surface area contributed by atoms with Gasteiger partial charge in [-0.05, 0) is 31.4 Å². The van der Waals surface area contributed by atoms with Crippen molar-refractivity contribution >= 4 is 43.5 Å². The SMILES string of the molecule is O=C(CCOCCOCCOCCOCCNC(=O)c1cn(C2CC2)c2cc(N3CCNCC3)c(F)cc2c1=O)CCC(O)Cn1cc[n+](CC(O)(P(=O)(O)O)P(=O)(O)O)c1. The van der Waals surface area contributed by atoms with Crippen LogP contribution in [0, 0.1) is 5.82 Å². The summed E-state index contributed by atoms with van der Waals surface area (Å²) in [5.74, 6) is -1.18. The van der Waals surface area contributed by atoms with Gasteiger partial charge in [-0.3, -0.25) is 23.5 Å². The lowest BCUT2D eigenvalue weighted by Gasteiger charge is -2.30. The predicted molar refractivity (Wildman–Crippen MR) is 216 cm³/mol. The first-order chi connectivity index (χ1) is 29.0. The van der Waals surface area contributed by atoms with Gasteiger partial charge in [-0.2, -0.15) is 0 Å². The number of nitrogens with zero attached hydrogens (tertiary/aromatic N) is 4. The Bertz CT molecular complexity index is 2080. The number of nitrogens with one attached hydrogen (secondary N) is 2. The lowest BCUT2D eigenvalue weighted by Crippen LogP contribution is -2.46. The van der Waals surface area contributed by atoms with Crippen LogP contribution in [-0.4, -0.2) is 147 Å². The van der Waals surface area contributed by atoms with Gasteiger partial charge in [-0.15, -0.1) is 0 Å². The molecule has 2 fully saturated rings. The van der Waals surface area contributed by atoms with E-state index >= 15 is 4.39 Å². The average Bonchev–Trinajstić information content (AvgIpc) is 3.97. The Morgan fingerprint density at radius 3 is 2.15 bits per heavy atom. The molecule has 2 aromatic heterocycles. The van der Waals surface area contributed by atoms with E-state index in [4.69, 9.17) is 18.9 Å². The summed E-state index contributed by atoms with van der Waals surface area (Å²) in [7, 11) is -11.3. The summed E-state index contributed by atoms with van der Waals surface area (Å²) in [6.07, 6.45) is 6.50. The third kappa shape index (κ3) is 13.8. The zero-order valence-electron chi connectivity index (χ0n) is 33.7. The van der Waals surface area contributed by atoms with E-state index < -0.39 is 50.1 Å². The van der Waals surface area contributed by atoms with Crippen LogP contribution in [0.3, 0.4) is 0 Å². The van der Waals surface area contributed by atoms with Gasteiger partial charge in [-0.25, -0.2) is 13.5 Å². The number of imidazole rings is 1. The first-order valence-electron chi connectivity index (χ1n) is 20.0. The average molecular weight is 906 g/mol. The number of anilines is 1. The fourth-order valence-corrected chi connectivity index (χ4v) is 8.68. The van der Waals surface area contributed by atoms with Gasteiger partial charge in [0.25, 0.3) is 5.91 Å². The number of aromatic nitrogens is 3. The number of Topliss-reactive ketones (excluding diaryl/α,β-unsaturated/α-hetero) is 1. The topological polar surface area (TPSA) is 285 Å². The lowest BCUT2D eigenvalue weighted by molar-refractivity contribution is -0.703. The summed E-state index contributed by atoms with van der Waals surface area (Å²) in [4.78, 5) is 77.8. The van der Waals surface area contributed by atoms with Gasteiger partial charge in [0.2, 0.25) is 11.8 Å². The number of pyridine rings is 1. The summed E-state index contributed by atoms with van der Waals surface area (Å²) in [6, 6.07) is 3.14. The molecule has 340 valence electrons. The van der Waals surface area contributed by atoms with Crippen LogP contribution in [0.15, 0.2) is 41.8 Å². The van der Waals surface area contributed by atoms with Crippen molar-refractivity contribution in [2.75, 3.05) is 90.5 Å². The van der Waals surface area contributed by atoms with E-state index in [0.717, 1.165) is 30.5 Å². The van der Waals surface area contributed by atoms with Crippen LogP contribution >= 0.6 is 15.2 Å². The van der Waals surface area contributed by atoms with Crippen LogP contribution in [0.2, 0.25) is 0 Å². The number of carbonyl (C=O) groups is 2. The highest BCUT2D eigenvalue weighted by molar-refractivity contribution is 7.72. The van der Waals surface area contributed by atoms with Crippen molar-refractivity contribution in [1.29, 1.82) is 0 Å². The van der Waals surface area contributed by atoms with Crippen LogP contribution in [0.1, 0.15) is 48.5 Å². The van der Waals surface area contributed by atoms with Crippen LogP contribution < -0.4 is 25.5 Å². The maximum atomic E-state index is 15.2. The van der Waals surface area contributed by atoms with Gasteiger partial charge in [0, 0.05) is 63.2 Å². The van der Waals surface area contributed by atoms with E-state index in [1.165, 1.54) is 29.4 Å². The van der Waals surface area contributed by atoms with Crippen molar-refractivity contribution < 1.29 is 76.4 Å². The van der Waals surface area contributed by atoms with E-state index in [2.05, 4.69) is 10.6 Å². The Balaban J connectivity index is 0.868. The molecule has 2 aliphatic rings. The number of carbonyl (C=O) groups excluding carboxylic acids is 2. The molecule has 1 aromatic carbocycles. The fraction of sp³-hybridized carbons (Fsp3) is 0.622. The monoisotopic (exact) mass is 905 g/mol. The number of hydrogen-bond donors (Lipinski definition) is 8. The first-order valence-corrected chi connectivity index (χ1v) is 23.2. The van der Waals surface area contributed by atoms with Crippen LogP contribution in [0.4, 0.5) is 10.1 Å². The van der Waals surface area contributed by atoms with Crippen molar-refractivity contribution in [2.45, 2.75) is 62.4 Å². The number of ketones is 1. The number of aliphatic hydroxyl groups is 2. The molecule has 1 amide bonds. The molecule has 1 aliphatic carbocycles. The summed E-state index contributed by atoms with van der Waals surface area (Å²) in [6.45, 7) is 3.89. The fourth-order valence-electron chi connectivity index (χ4n) is 6.63. The molecular formula is C37H56FN6O15P2+. The third-order valence-corrected chi connectivity index (χ3v) is 13.9. The van der Waals surface area contributed by atoms with Gasteiger partial charge in [0.1, 0.15) is 42.6 Å². The van der Waals surface area contributed by atoms with Crippen LogP contribution in [0.5, 0.6) is 0 Å².